The van der Waals surface area contributed by atoms with Gasteiger partial charge in [0.25, 0.3) is 0 Å². The van der Waals surface area contributed by atoms with Gasteiger partial charge in [0.15, 0.2) is 11.5 Å². The molecular formula is C23H23N3O5S2. The summed E-state index contributed by atoms with van der Waals surface area (Å²) in [6.45, 7) is 3.02. The van der Waals surface area contributed by atoms with Gasteiger partial charge in [0.1, 0.15) is 19.3 Å². The molecule has 0 radical (unpaired) electrons. The van der Waals surface area contributed by atoms with Crippen molar-refractivity contribution in [2.24, 2.45) is 0 Å². The highest BCUT2D eigenvalue weighted by atomic mass is 32.2. The third kappa shape index (κ3) is 4.33. The normalized spacial score (nSPS) is 18.3. The molecule has 1 aromatic heterocycles. The number of sulfonamides is 1. The summed E-state index contributed by atoms with van der Waals surface area (Å²) in [5.74, 6) is 0.572. The van der Waals surface area contributed by atoms with E-state index >= 15 is 0 Å². The molecule has 5 rings (SSSR count). The lowest BCUT2D eigenvalue weighted by Gasteiger charge is -2.24. The molecule has 1 amide bonds. The summed E-state index contributed by atoms with van der Waals surface area (Å²) in [7, 11) is -3.88. The number of thiazole rings is 1. The Morgan fingerprint density at radius 3 is 2.76 bits per heavy atom. The Bertz CT molecular complexity index is 1300. The molecule has 10 heteroatoms. The van der Waals surface area contributed by atoms with Crippen LogP contribution in [0.3, 0.4) is 0 Å². The molecule has 1 N–H and O–H groups in total. The maximum Gasteiger partial charge on any atom is 0.243 e. The molecule has 33 heavy (non-hydrogen) atoms. The van der Waals surface area contributed by atoms with Gasteiger partial charge in [0.05, 0.1) is 15.6 Å². The fourth-order valence-electron chi connectivity index (χ4n) is 4.09. The molecule has 0 aliphatic carbocycles. The van der Waals surface area contributed by atoms with E-state index in [0.717, 1.165) is 16.3 Å². The minimum Gasteiger partial charge on any atom is -0.486 e. The molecule has 2 aromatic carbocycles. The molecule has 2 aliphatic heterocycles. The minimum absolute atomic E-state index is 0.0901. The summed E-state index contributed by atoms with van der Waals surface area (Å²) in [5.41, 5.74) is 2.34. The molecule has 2 aliphatic rings. The van der Waals surface area contributed by atoms with E-state index in [0.29, 0.717) is 43.2 Å². The van der Waals surface area contributed by atoms with Crippen LogP contribution in [0.2, 0.25) is 0 Å². The smallest absolute Gasteiger partial charge is 0.243 e. The van der Waals surface area contributed by atoms with Crippen LogP contribution in [0.15, 0.2) is 52.7 Å². The Morgan fingerprint density at radius 1 is 1.15 bits per heavy atom. The first-order valence-electron chi connectivity index (χ1n) is 10.7. The highest BCUT2D eigenvalue weighted by Gasteiger charge is 2.40. The number of nitrogens with zero attached hydrogens (tertiary/aromatic N) is 2. The lowest BCUT2D eigenvalue weighted by atomic mass is 10.1. The first-order chi connectivity index (χ1) is 15.9. The topological polar surface area (TPSA) is 97.8 Å². The number of aryl methyl sites for hydroxylation is 1. The van der Waals surface area contributed by atoms with Crippen molar-refractivity contribution < 1.29 is 22.7 Å². The number of anilines is 1. The summed E-state index contributed by atoms with van der Waals surface area (Å²) in [4.78, 5) is 17.7. The zero-order chi connectivity index (χ0) is 23.0. The minimum atomic E-state index is -3.88. The van der Waals surface area contributed by atoms with Crippen LogP contribution in [-0.2, 0) is 14.8 Å². The number of carbonyl (C=O) groups is 1. The summed E-state index contributed by atoms with van der Waals surface area (Å²) in [6, 6.07) is 11.2. The van der Waals surface area contributed by atoms with Crippen LogP contribution in [0, 0.1) is 6.92 Å². The number of amides is 1. The first kappa shape index (κ1) is 21.9. The fraction of sp³-hybridized carbons (Fsp3) is 0.304. The Balaban J connectivity index is 1.36. The number of hydrogen-bond donors (Lipinski definition) is 1. The number of benzene rings is 2. The highest BCUT2D eigenvalue weighted by molar-refractivity contribution is 7.89. The first-order valence-corrected chi connectivity index (χ1v) is 13.0. The summed E-state index contributed by atoms with van der Waals surface area (Å²) >= 11 is 1.56. The molecule has 8 nitrogen and oxygen atoms in total. The standard InChI is InChI=1S/C23H23N3O5S2/c1-15-24-19(14-32-15)16-4-2-5-17(12-16)25-23(27)20-6-3-9-26(20)33(28,29)18-7-8-21-22(13-18)31-11-10-30-21/h2,4-5,7-8,12-14,20H,3,6,9-11H2,1H3,(H,25,27). The SMILES string of the molecule is Cc1nc(-c2cccc(NC(=O)C3CCCN3S(=O)(=O)c3ccc4c(c3)OCCO4)c2)cs1. The predicted molar refractivity (Wildman–Crippen MR) is 125 cm³/mol. The summed E-state index contributed by atoms with van der Waals surface area (Å²) in [6.07, 6.45) is 1.07. The average Bonchev–Trinajstić information content (AvgIpc) is 3.49. The van der Waals surface area contributed by atoms with Gasteiger partial charge in [-0.3, -0.25) is 4.79 Å². The number of hydrogen-bond acceptors (Lipinski definition) is 7. The highest BCUT2D eigenvalue weighted by Crippen LogP contribution is 2.35. The second kappa shape index (κ2) is 8.77. The number of nitrogens with one attached hydrogen (secondary N) is 1. The van der Waals surface area contributed by atoms with Crippen molar-refractivity contribution in [3.05, 3.63) is 52.9 Å². The molecular weight excluding hydrogens is 462 g/mol. The zero-order valence-corrected chi connectivity index (χ0v) is 19.6. The molecule has 1 unspecified atom stereocenters. The molecule has 1 atom stereocenters. The number of aromatic nitrogens is 1. The average molecular weight is 486 g/mol. The third-order valence-electron chi connectivity index (χ3n) is 5.67. The van der Waals surface area contributed by atoms with Gasteiger partial charge in [0, 0.05) is 29.2 Å². The summed E-state index contributed by atoms with van der Waals surface area (Å²) < 4.78 is 39.0. The maximum absolute atomic E-state index is 13.4. The van der Waals surface area contributed by atoms with E-state index in [2.05, 4.69) is 10.3 Å². The lowest BCUT2D eigenvalue weighted by molar-refractivity contribution is -0.119. The quantitative estimate of drug-likeness (QED) is 0.592. The number of rotatable bonds is 5. The second-order valence-corrected chi connectivity index (χ2v) is 10.9. The maximum atomic E-state index is 13.4. The van der Waals surface area contributed by atoms with Gasteiger partial charge in [0.2, 0.25) is 15.9 Å². The molecule has 1 fully saturated rings. The van der Waals surface area contributed by atoms with Gasteiger partial charge in [-0.15, -0.1) is 11.3 Å². The Kier molecular flexibility index (Phi) is 5.81. The van der Waals surface area contributed by atoms with E-state index < -0.39 is 16.1 Å². The second-order valence-electron chi connectivity index (χ2n) is 7.90. The van der Waals surface area contributed by atoms with Gasteiger partial charge in [-0.2, -0.15) is 4.31 Å². The zero-order valence-electron chi connectivity index (χ0n) is 18.0. The van der Waals surface area contributed by atoms with Crippen molar-refractivity contribution in [1.82, 2.24) is 9.29 Å². The molecule has 0 spiro atoms. The van der Waals surface area contributed by atoms with Crippen LogP contribution in [-0.4, -0.2) is 49.4 Å². The van der Waals surface area contributed by atoms with E-state index in [-0.39, 0.29) is 17.3 Å². The largest absolute Gasteiger partial charge is 0.486 e. The van der Waals surface area contributed by atoms with Gasteiger partial charge < -0.3 is 14.8 Å². The van der Waals surface area contributed by atoms with Gasteiger partial charge in [-0.25, -0.2) is 13.4 Å². The van der Waals surface area contributed by atoms with Gasteiger partial charge >= 0.3 is 0 Å². The van der Waals surface area contributed by atoms with Crippen molar-refractivity contribution in [3.63, 3.8) is 0 Å². The number of ether oxygens (including phenoxy) is 2. The van der Waals surface area contributed by atoms with Crippen molar-refractivity contribution >= 4 is 33.0 Å². The molecule has 0 bridgehead atoms. The van der Waals surface area contributed by atoms with Crippen molar-refractivity contribution in [3.8, 4) is 22.8 Å². The van der Waals surface area contributed by atoms with Gasteiger partial charge in [-0.1, -0.05) is 12.1 Å². The van der Waals surface area contributed by atoms with Crippen molar-refractivity contribution in [2.45, 2.75) is 30.7 Å². The lowest BCUT2D eigenvalue weighted by Crippen LogP contribution is -2.43. The van der Waals surface area contributed by atoms with Crippen LogP contribution in [0.4, 0.5) is 5.69 Å². The third-order valence-corrected chi connectivity index (χ3v) is 8.35. The predicted octanol–water partition coefficient (Wildman–Crippen LogP) is 3.68. The van der Waals surface area contributed by atoms with Crippen molar-refractivity contribution in [1.29, 1.82) is 0 Å². The Morgan fingerprint density at radius 2 is 1.97 bits per heavy atom. The van der Waals surface area contributed by atoms with Crippen LogP contribution in [0.1, 0.15) is 17.8 Å². The number of carbonyl (C=O) groups excluding carboxylic acids is 1. The molecule has 172 valence electrons. The fourth-order valence-corrected chi connectivity index (χ4v) is 6.38. The van der Waals surface area contributed by atoms with E-state index in [9.17, 15) is 13.2 Å². The van der Waals surface area contributed by atoms with Crippen LogP contribution in [0.25, 0.3) is 11.3 Å². The van der Waals surface area contributed by atoms with Crippen LogP contribution < -0.4 is 14.8 Å². The molecule has 1 saturated heterocycles. The molecule has 3 heterocycles. The van der Waals surface area contributed by atoms with Crippen molar-refractivity contribution in [2.75, 3.05) is 25.1 Å². The van der Waals surface area contributed by atoms with Crippen LogP contribution >= 0.6 is 11.3 Å². The van der Waals surface area contributed by atoms with Crippen LogP contribution in [0.5, 0.6) is 11.5 Å². The Labute approximate surface area is 196 Å². The van der Waals surface area contributed by atoms with E-state index in [1.807, 2.05) is 30.5 Å². The molecule has 0 saturated carbocycles. The summed E-state index contributed by atoms with van der Waals surface area (Å²) in [5, 5.41) is 5.82. The van der Waals surface area contributed by atoms with E-state index in [1.165, 1.54) is 16.4 Å². The molecule has 3 aromatic rings. The van der Waals surface area contributed by atoms with Gasteiger partial charge in [-0.05, 0) is 44.0 Å². The monoisotopic (exact) mass is 485 g/mol. The Hall–Kier alpha value is -2.95. The van der Waals surface area contributed by atoms with E-state index in [4.69, 9.17) is 9.47 Å². The number of fused-ring (bicyclic) bond motifs is 1. The van der Waals surface area contributed by atoms with E-state index in [1.54, 1.807) is 23.5 Å².